The van der Waals surface area contributed by atoms with E-state index in [4.69, 9.17) is 4.98 Å². The second-order valence-corrected chi connectivity index (χ2v) is 6.26. The third kappa shape index (κ3) is 3.43. The maximum absolute atomic E-state index is 4.84. The van der Waals surface area contributed by atoms with E-state index in [9.17, 15) is 0 Å². The Morgan fingerprint density at radius 2 is 2.00 bits per heavy atom. The zero-order valence-corrected chi connectivity index (χ0v) is 13.6. The number of rotatable bonds is 7. The van der Waals surface area contributed by atoms with Crippen molar-refractivity contribution in [3.05, 3.63) is 24.3 Å². The second-order valence-electron chi connectivity index (χ2n) is 6.26. The molecular formula is C18H28N4. The van der Waals surface area contributed by atoms with E-state index in [1.165, 1.54) is 44.0 Å². The molecule has 0 atom stereocenters. The van der Waals surface area contributed by atoms with Crippen LogP contribution >= 0.6 is 0 Å². The number of nitrogens with zero attached hydrogens (tertiary/aromatic N) is 2. The lowest BCUT2D eigenvalue weighted by atomic mass is 10.1. The number of piperidine rings is 1. The second kappa shape index (κ2) is 7.63. The highest BCUT2D eigenvalue weighted by atomic mass is 15.2. The van der Waals surface area contributed by atoms with Crippen LogP contribution in [0.25, 0.3) is 11.0 Å². The maximum Gasteiger partial charge on any atom is 0.204 e. The van der Waals surface area contributed by atoms with Gasteiger partial charge in [-0.3, -0.25) is 0 Å². The summed E-state index contributed by atoms with van der Waals surface area (Å²) in [6, 6.07) is 9.08. The molecule has 1 saturated heterocycles. The first-order valence-corrected chi connectivity index (χ1v) is 8.81. The Morgan fingerprint density at radius 3 is 2.82 bits per heavy atom. The van der Waals surface area contributed by atoms with Gasteiger partial charge in [0.25, 0.3) is 0 Å². The Bertz CT molecular complexity index is 584. The summed E-state index contributed by atoms with van der Waals surface area (Å²) < 4.78 is 2.44. The molecule has 22 heavy (non-hydrogen) atoms. The van der Waals surface area contributed by atoms with Crippen molar-refractivity contribution in [3.63, 3.8) is 0 Å². The first kappa shape index (κ1) is 15.3. The Hall–Kier alpha value is -1.55. The van der Waals surface area contributed by atoms with E-state index in [0.717, 1.165) is 31.1 Å². The zero-order valence-electron chi connectivity index (χ0n) is 13.6. The molecule has 1 aromatic heterocycles. The molecule has 0 aliphatic carbocycles. The number of benzene rings is 1. The summed E-state index contributed by atoms with van der Waals surface area (Å²) in [7, 11) is 0. The van der Waals surface area contributed by atoms with Gasteiger partial charge in [0.1, 0.15) is 0 Å². The van der Waals surface area contributed by atoms with Crippen LogP contribution in [0.15, 0.2) is 24.3 Å². The smallest absolute Gasteiger partial charge is 0.204 e. The highest BCUT2D eigenvalue weighted by Crippen LogP contribution is 2.29. The number of anilines is 1. The number of fused-ring (bicyclic) bond motifs is 1. The quantitative estimate of drug-likeness (QED) is 0.761. The lowest BCUT2D eigenvalue weighted by Crippen LogP contribution is -2.30. The van der Waals surface area contributed by atoms with Crippen LogP contribution < -0.4 is 10.6 Å². The summed E-state index contributed by atoms with van der Waals surface area (Å²) in [5, 5.41) is 7.05. The molecule has 1 fully saturated rings. The van der Waals surface area contributed by atoms with E-state index in [2.05, 4.69) is 46.4 Å². The number of imidazole rings is 1. The van der Waals surface area contributed by atoms with Crippen molar-refractivity contribution >= 4 is 17.0 Å². The van der Waals surface area contributed by atoms with E-state index in [1.807, 2.05) is 0 Å². The van der Waals surface area contributed by atoms with Gasteiger partial charge in [-0.25, -0.2) is 4.98 Å². The van der Waals surface area contributed by atoms with Crippen molar-refractivity contribution < 1.29 is 0 Å². The third-order valence-electron chi connectivity index (χ3n) is 4.58. The summed E-state index contributed by atoms with van der Waals surface area (Å²) in [6.07, 6.45) is 7.51. The van der Waals surface area contributed by atoms with Crippen LogP contribution in [0.4, 0.5) is 5.95 Å². The van der Waals surface area contributed by atoms with Crippen LogP contribution in [0.3, 0.4) is 0 Å². The molecule has 0 amide bonds. The van der Waals surface area contributed by atoms with Gasteiger partial charge in [-0.1, -0.05) is 38.3 Å². The number of hydrogen-bond donors (Lipinski definition) is 2. The fourth-order valence-corrected chi connectivity index (χ4v) is 3.36. The van der Waals surface area contributed by atoms with Gasteiger partial charge in [0.15, 0.2) is 0 Å². The number of para-hydroxylation sites is 2. The number of unbranched alkanes of at least 4 members (excludes halogenated alkanes) is 3. The van der Waals surface area contributed by atoms with Gasteiger partial charge in [-0.2, -0.15) is 0 Å². The number of hydrogen-bond acceptors (Lipinski definition) is 3. The van der Waals surface area contributed by atoms with Crippen LogP contribution in [0, 0.1) is 0 Å². The van der Waals surface area contributed by atoms with Crippen molar-refractivity contribution in [1.29, 1.82) is 0 Å². The molecular weight excluding hydrogens is 272 g/mol. The lowest BCUT2D eigenvalue weighted by molar-refractivity contribution is 0.377. The van der Waals surface area contributed by atoms with E-state index in [1.54, 1.807) is 0 Å². The molecule has 4 heteroatoms. The first-order chi connectivity index (χ1) is 10.9. The molecule has 0 bridgehead atoms. The minimum Gasteiger partial charge on any atom is -0.356 e. The Morgan fingerprint density at radius 1 is 1.18 bits per heavy atom. The van der Waals surface area contributed by atoms with Gasteiger partial charge >= 0.3 is 0 Å². The molecule has 2 heterocycles. The molecule has 0 unspecified atom stereocenters. The summed E-state index contributed by atoms with van der Waals surface area (Å²) >= 11 is 0. The predicted molar refractivity (Wildman–Crippen MR) is 93.5 cm³/mol. The largest absolute Gasteiger partial charge is 0.356 e. The molecule has 0 spiro atoms. The fourth-order valence-electron chi connectivity index (χ4n) is 3.36. The molecule has 120 valence electrons. The van der Waals surface area contributed by atoms with Crippen molar-refractivity contribution in [2.75, 3.05) is 25.0 Å². The molecule has 1 aromatic carbocycles. The van der Waals surface area contributed by atoms with Gasteiger partial charge in [0.2, 0.25) is 5.95 Å². The van der Waals surface area contributed by atoms with Gasteiger partial charge in [-0.15, -0.1) is 0 Å². The summed E-state index contributed by atoms with van der Waals surface area (Å²) in [4.78, 5) is 4.84. The molecule has 1 aliphatic heterocycles. The number of aromatic nitrogens is 2. The molecule has 2 aromatic rings. The summed E-state index contributed by atoms with van der Waals surface area (Å²) in [6.45, 7) is 5.48. The van der Waals surface area contributed by atoms with Crippen molar-refractivity contribution in [3.8, 4) is 0 Å². The topological polar surface area (TPSA) is 41.9 Å². The minimum atomic E-state index is 0.562. The van der Waals surface area contributed by atoms with Gasteiger partial charge < -0.3 is 15.2 Å². The van der Waals surface area contributed by atoms with Gasteiger partial charge in [-0.05, 0) is 44.5 Å². The molecule has 3 rings (SSSR count). The molecule has 2 N–H and O–H groups in total. The number of nitrogens with one attached hydrogen (secondary N) is 2. The van der Waals surface area contributed by atoms with E-state index >= 15 is 0 Å². The van der Waals surface area contributed by atoms with E-state index in [0.29, 0.717) is 6.04 Å². The Balaban J connectivity index is 1.78. The SMILES string of the molecule is CCCCCCNc1nc2ccccc2n1C1CCNCC1. The fraction of sp³-hybridized carbons (Fsp3) is 0.611. The van der Waals surface area contributed by atoms with E-state index in [-0.39, 0.29) is 0 Å². The van der Waals surface area contributed by atoms with Crippen LogP contribution in [-0.4, -0.2) is 29.2 Å². The zero-order chi connectivity index (χ0) is 15.2. The van der Waals surface area contributed by atoms with Crippen LogP contribution in [0.1, 0.15) is 51.5 Å². The van der Waals surface area contributed by atoms with Crippen LogP contribution in [-0.2, 0) is 0 Å². The predicted octanol–water partition coefficient (Wildman–Crippen LogP) is 3.95. The Kier molecular flexibility index (Phi) is 5.33. The monoisotopic (exact) mass is 300 g/mol. The molecule has 0 radical (unpaired) electrons. The third-order valence-corrected chi connectivity index (χ3v) is 4.58. The average Bonchev–Trinajstić information content (AvgIpc) is 2.93. The van der Waals surface area contributed by atoms with Gasteiger partial charge in [0, 0.05) is 12.6 Å². The van der Waals surface area contributed by atoms with Gasteiger partial charge in [0.05, 0.1) is 11.0 Å². The highest BCUT2D eigenvalue weighted by Gasteiger charge is 2.20. The van der Waals surface area contributed by atoms with Crippen molar-refractivity contribution in [2.45, 2.75) is 51.5 Å². The lowest BCUT2D eigenvalue weighted by Gasteiger charge is -2.26. The maximum atomic E-state index is 4.84. The molecule has 0 saturated carbocycles. The Labute approximate surface area is 133 Å². The van der Waals surface area contributed by atoms with Crippen LogP contribution in [0.5, 0.6) is 0 Å². The first-order valence-electron chi connectivity index (χ1n) is 8.81. The molecule has 1 aliphatic rings. The molecule has 4 nitrogen and oxygen atoms in total. The summed E-state index contributed by atoms with van der Waals surface area (Å²) in [5.41, 5.74) is 2.38. The highest BCUT2D eigenvalue weighted by molar-refractivity contribution is 5.78. The van der Waals surface area contributed by atoms with Crippen LogP contribution in [0.2, 0.25) is 0 Å². The van der Waals surface area contributed by atoms with Crippen molar-refractivity contribution in [1.82, 2.24) is 14.9 Å². The average molecular weight is 300 g/mol. The van der Waals surface area contributed by atoms with Crippen molar-refractivity contribution in [2.24, 2.45) is 0 Å². The van der Waals surface area contributed by atoms with E-state index < -0.39 is 0 Å². The normalized spacial score (nSPS) is 16.2. The minimum absolute atomic E-state index is 0.562. The standard InChI is InChI=1S/C18H28N4/c1-2-3-4-7-12-20-18-21-16-8-5-6-9-17(16)22(18)15-10-13-19-14-11-15/h5-6,8-9,15,19H,2-4,7,10-14H2,1H3,(H,20,21). The summed E-state index contributed by atoms with van der Waals surface area (Å²) in [5.74, 6) is 1.06.